The minimum atomic E-state index is -1.70. The van der Waals surface area contributed by atoms with Crippen LogP contribution in [0.1, 0.15) is 33.6 Å². The first kappa shape index (κ1) is 17.1. The maximum atomic E-state index is 12.0. The predicted octanol–water partition coefficient (Wildman–Crippen LogP) is 3.24. The van der Waals surface area contributed by atoms with Gasteiger partial charge in [0.1, 0.15) is 11.2 Å². The highest BCUT2D eigenvalue weighted by molar-refractivity contribution is 6.69. The molecule has 0 spiro atoms. The molecule has 0 saturated carbocycles. The zero-order valence-electron chi connectivity index (χ0n) is 13.6. The lowest BCUT2D eigenvalue weighted by atomic mass is 9.93. The fourth-order valence-corrected chi connectivity index (χ4v) is 3.67. The number of likely N-dealkylation sites (tertiary alicyclic amines) is 1. The molecule has 1 rings (SSSR count). The summed E-state index contributed by atoms with van der Waals surface area (Å²) in [5.41, 5.74) is -0.977. The Kier molecular flexibility index (Phi) is 4.93. The van der Waals surface area contributed by atoms with E-state index in [1.165, 1.54) is 0 Å². The van der Waals surface area contributed by atoms with Gasteiger partial charge in [-0.1, -0.05) is 5.92 Å². The third-order valence-corrected chi connectivity index (χ3v) is 3.99. The number of terminal acetylenes is 1. The van der Waals surface area contributed by atoms with E-state index in [2.05, 4.69) is 25.6 Å². The van der Waals surface area contributed by atoms with Crippen LogP contribution in [0.25, 0.3) is 0 Å². The van der Waals surface area contributed by atoms with Crippen molar-refractivity contribution in [1.29, 1.82) is 0 Å². The van der Waals surface area contributed by atoms with Gasteiger partial charge in [-0.25, -0.2) is 4.79 Å². The monoisotopic (exact) mass is 297 g/mol. The summed E-state index contributed by atoms with van der Waals surface area (Å²) in [7, 11) is -1.70. The standard InChI is InChI=1S/C15H27NO3Si/c1-8-15(19-20(5,6)7)9-11-16(12-10-15)13(17)18-14(2,3)4/h1H,9-12H2,2-7H3. The molecule has 0 N–H and O–H groups in total. The molecular formula is C15H27NO3Si. The Morgan fingerprint density at radius 3 is 2.10 bits per heavy atom. The summed E-state index contributed by atoms with van der Waals surface area (Å²) >= 11 is 0. The Balaban J connectivity index is 2.62. The second-order valence-corrected chi connectivity index (χ2v) is 11.7. The van der Waals surface area contributed by atoms with Gasteiger partial charge < -0.3 is 14.1 Å². The van der Waals surface area contributed by atoms with E-state index in [-0.39, 0.29) is 6.09 Å². The van der Waals surface area contributed by atoms with Crippen LogP contribution in [0.2, 0.25) is 19.6 Å². The molecule has 0 radical (unpaired) electrons. The van der Waals surface area contributed by atoms with E-state index in [9.17, 15) is 4.79 Å². The number of piperidine rings is 1. The van der Waals surface area contributed by atoms with Crippen molar-refractivity contribution in [3.63, 3.8) is 0 Å². The van der Waals surface area contributed by atoms with Gasteiger partial charge in [0.25, 0.3) is 0 Å². The smallest absolute Gasteiger partial charge is 0.410 e. The van der Waals surface area contributed by atoms with E-state index < -0.39 is 19.5 Å². The lowest BCUT2D eigenvalue weighted by Crippen LogP contribution is -2.51. The number of carbonyl (C=O) groups excluding carboxylic acids is 1. The molecule has 1 amide bonds. The predicted molar refractivity (Wildman–Crippen MR) is 83.0 cm³/mol. The van der Waals surface area contributed by atoms with E-state index in [4.69, 9.17) is 15.6 Å². The summed E-state index contributed by atoms with van der Waals surface area (Å²) < 4.78 is 11.6. The van der Waals surface area contributed by atoms with Crippen molar-refractivity contribution in [2.75, 3.05) is 13.1 Å². The minimum absolute atomic E-state index is 0.267. The van der Waals surface area contributed by atoms with Crippen LogP contribution in [0.4, 0.5) is 4.79 Å². The van der Waals surface area contributed by atoms with Crippen LogP contribution in [0, 0.1) is 12.3 Å². The van der Waals surface area contributed by atoms with Crippen LogP contribution in [0.3, 0.4) is 0 Å². The molecule has 0 aromatic rings. The second-order valence-electron chi connectivity index (χ2n) is 7.32. The number of hydrogen-bond acceptors (Lipinski definition) is 3. The van der Waals surface area contributed by atoms with Crippen molar-refractivity contribution in [1.82, 2.24) is 4.90 Å². The molecule has 1 aliphatic rings. The van der Waals surface area contributed by atoms with E-state index in [0.29, 0.717) is 25.9 Å². The third-order valence-electron chi connectivity index (χ3n) is 2.99. The molecule has 1 heterocycles. The number of amides is 1. The molecule has 0 atom stereocenters. The van der Waals surface area contributed by atoms with Gasteiger partial charge in [0.2, 0.25) is 0 Å². The summed E-state index contributed by atoms with van der Waals surface area (Å²) in [4.78, 5) is 13.7. The summed E-state index contributed by atoms with van der Waals surface area (Å²) in [6, 6.07) is 0. The summed E-state index contributed by atoms with van der Waals surface area (Å²) in [6.45, 7) is 13.2. The van der Waals surface area contributed by atoms with Gasteiger partial charge in [-0.2, -0.15) is 0 Å². The summed E-state index contributed by atoms with van der Waals surface area (Å²) in [5, 5.41) is 0. The highest BCUT2D eigenvalue weighted by Gasteiger charge is 2.39. The van der Waals surface area contributed by atoms with Crippen molar-refractivity contribution in [2.45, 2.75) is 64.5 Å². The highest BCUT2D eigenvalue weighted by Crippen LogP contribution is 2.30. The van der Waals surface area contributed by atoms with E-state index >= 15 is 0 Å². The number of hydrogen-bond donors (Lipinski definition) is 0. The first-order chi connectivity index (χ1) is 8.96. The van der Waals surface area contributed by atoms with Gasteiger partial charge in [0.05, 0.1) is 0 Å². The summed E-state index contributed by atoms with van der Waals surface area (Å²) in [5.74, 6) is 2.82. The number of carbonyl (C=O) groups is 1. The van der Waals surface area contributed by atoms with Crippen molar-refractivity contribution in [3.05, 3.63) is 0 Å². The Hall–Kier alpha value is -0.993. The second kappa shape index (κ2) is 5.78. The van der Waals surface area contributed by atoms with Crippen LogP contribution in [-0.4, -0.2) is 43.6 Å². The molecular weight excluding hydrogens is 270 g/mol. The van der Waals surface area contributed by atoms with E-state index in [1.807, 2.05) is 20.8 Å². The first-order valence-corrected chi connectivity index (χ1v) is 10.5. The highest BCUT2D eigenvalue weighted by atomic mass is 28.4. The van der Waals surface area contributed by atoms with Crippen molar-refractivity contribution < 1.29 is 14.0 Å². The zero-order valence-corrected chi connectivity index (χ0v) is 14.6. The van der Waals surface area contributed by atoms with Gasteiger partial charge in [-0.05, 0) is 40.4 Å². The average molecular weight is 297 g/mol. The van der Waals surface area contributed by atoms with E-state index in [1.54, 1.807) is 4.90 Å². The van der Waals surface area contributed by atoms with Crippen LogP contribution in [-0.2, 0) is 9.16 Å². The Bertz CT molecular complexity index is 393. The normalized spacial score (nSPS) is 19.4. The molecule has 1 saturated heterocycles. The Labute approximate surface area is 123 Å². The number of ether oxygens (including phenoxy) is 1. The molecule has 114 valence electrons. The maximum Gasteiger partial charge on any atom is 0.410 e. The van der Waals surface area contributed by atoms with Gasteiger partial charge in [-0.3, -0.25) is 0 Å². The lowest BCUT2D eigenvalue weighted by molar-refractivity contribution is 0.000209. The van der Waals surface area contributed by atoms with Crippen LogP contribution in [0.5, 0.6) is 0 Å². The lowest BCUT2D eigenvalue weighted by Gasteiger charge is -2.41. The maximum absolute atomic E-state index is 12.0. The topological polar surface area (TPSA) is 38.8 Å². The molecule has 4 nitrogen and oxygen atoms in total. The van der Waals surface area contributed by atoms with Crippen LogP contribution < -0.4 is 0 Å². The minimum Gasteiger partial charge on any atom is -0.444 e. The molecule has 5 heteroatoms. The Morgan fingerprint density at radius 2 is 1.75 bits per heavy atom. The molecule has 0 bridgehead atoms. The molecule has 1 aliphatic heterocycles. The van der Waals surface area contributed by atoms with Crippen molar-refractivity contribution in [2.24, 2.45) is 0 Å². The van der Waals surface area contributed by atoms with Gasteiger partial charge in [0, 0.05) is 25.9 Å². The number of rotatable bonds is 2. The van der Waals surface area contributed by atoms with E-state index in [0.717, 1.165) is 0 Å². The Morgan fingerprint density at radius 1 is 1.25 bits per heavy atom. The summed E-state index contributed by atoms with van der Waals surface area (Å²) in [6.07, 6.45) is 6.76. The zero-order chi connectivity index (χ0) is 15.6. The molecule has 20 heavy (non-hydrogen) atoms. The number of nitrogens with zero attached hydrogens (tertiary/aromatic N) is 1. The molecule has 0 aromatic carbocycles. The fraction of sp³-hybridized carbons (Fsp3) is 0.800. The van der Waals surface area contributed by atoms with Crippen molar-refractivity contribution >= 4 is 14.4 Å². The van der Waals surface area contributed by atoms with Gasteiger partial charge in [0.15, 0.2) is 8.32 Å². The van der Waals surface area contributed by atoms with Crippen LogP contribution >= 0.6 is 0 Å². The fourth-order valence-electron chi connectivity index (χ4n) is 2.24. The molecule has 0 aliphatic carbocycles. The quantitative estimate of drug-likeness (QED) is 0.580. The largest absolute Gasteiger partial charge is 0.444 e. The third kappa shape index (κ3) is 5.18. The molecule has 0 aromatic heterocycles. The van der Waals surface area contributed by atoms with Gasteiger partial charge in [-0.15, -0.1) is 6.42 Å². The van der Waals surface area contributed by atoms with Crippen LogP contribution in [0.15, 0.2) is 0 Å². The molecule has 0 unspecified atom stereocenters. The van der Waals surface area contributed by atoms with Gasteiger partial charge >= 0.3 is 6.09 Å². The van der Waals surface area contributed by atoms with Crippen molar-refractivity contribution in [3.8, 4) is 12.3 Å². The molecule has 1 fully saturated rings. The SMILES string of the molecule is C#CC1(O[Si](C)(C)C)CCN(C(=O)OC(C)(C)C)CC1. The first-order valence-electron chi connectivity index (χ1n) is 7.12. The average Bonchev–Trinajstić information content (AvgIpc) is 2.25.